The number of rotatable bonds is 7. The quantitative estimate of drug-likeness (QED) is 0.228. The number of nitrogens with two attached hydrogens (primary N) is 1. The van der Waals surface area contributed by atoms with Gasteiger partial charge in [-0.05, 0) is 48.0 Å². The van der Waals surface area contributed by atoms with Gasteiger partial charge < -0.3 is 26.0 Å². The molecule has 4 N–H and O–H groups in total. The van der Waals surface area contributed by atoms with Crippen LogP contribution in [0.15, 0.2) is 85.1 Å². The van der Waals surface area contributed by atoms with Crippen LogP contribution in [-0.2, 0) is 17.5 Å². The molecule has 3 aromatic carbocycles. The van der Waals surface area contributed by atoms with Crippen LogP contribution in [0, 0.1) is 5.82 Å². The molecule has 0 spiro atoms. The van der Waals surface area contributed by atoms with Crippen LogP contribution in [0.4, 0.5) is 45.2 Å². The van der Waals surface area contributed by atoms with Crippen molar-refractivity contribution in [3.05, 3.63) is 102 Å². The number of nitrogens with one attached hydrogen (secondary N) is 2. The molecule has 13 heteroatoms. The number of fused-ring (bicyclic) bond motifs is 1. The molecule has 0 aliphatic carbocycles. The van der Waals surface area contributed by atoms with E-state index in [1.807, 2.05) is 41.3 Å². The van der Waals surface area contributed by atoms with Crippen LogP contribution in [0.2, 0.25) is 0 Å². The van der Waals surface area contributed by atoms with Crippen molar-refractivity contribution in [2.45, 2.75) is 25.9 Å². The average molecular weight is 581 g/mol. The van der Waals surface area contributed by atoms with Crippen LogP contribution in [-0.4, -0.2) is 23.2 Å². The first-order valence-corrected chi connectivity index (χ1v) is 12.6. The summed E-state index contributed by atoms with van der Waals surface area (Å²) in [6.07, 6.45) is -4.04. The summed E-state index contributed by atoms with van der Waals surface area (Å²) in [5.41, 5.74) is 6.10. The van der Waals surface area contributed by atoms with E-state index >= 15 is 0 Å². The number of ether oxygens (including phenoxy) is 1. The molecule has 1 atom stereocenters. The van der Waals surface area contributed by atoms with E-state index in [4.69, 9.17) is 10.5 Å². The van der Waals surface area contributed by atoms with Crippen LogP contribution in [0.5, 0.6) is 11.5 Å². The standard InChI is InChI=1S/C29H24F4N6O3/c1-17(40)36-28-37-23-14-20(8-11-24(23)38(28)16-18-5-3-2-4-6-18)42-21-9-12-26(35-15-21)39(27(34)41)25-13-19(29(31,32)33)7-10-22(25)30/h2-15,28,37H,16H2,1H3,(H2,34,41)(H,36,40). The third-order valence-corrected chi connectivity index (χ3v) is 6.34. The maximum absolute atomic E-state index is 14.5. The van der Waals surface area contributed by atoms with E-state index in [2.05, 4.69) is 15.6 Å². The number of hydrogen-bond acceptors (Lipinski definition) is 6. The fraction of sp³-hybridized carbons (Fsp3) is 0.138. The Hall–Kier alpha value is -5.33. The first-order valence-electron chi connectivity index (χ1n) is 12.6. The number of nitrogens with zero attached hydrogens (tertiary/aromatic N) is 3. The lowest BCUT2D eigenvalue weighted by Crippen LogP contribution is -2.48. The van der Waals surface area contributed by atoms with Crippen molar-refractivity contribution in [1.29, 1.82) is 0 Å². The van der Waals surface area contributed by atoms with Gasteiger partial charge in [-0.2, -0.15) is 13.2 Å². The summed E-state index contributed by atoms with van der Waals surface area (Å²) in [6.45, 7) is 1.96. The molecule has 1 aromatic heterocycles. The lowest BCUT2D eigenvalue weighted by atomic mass is 10.1. The number of benzene rings is 3. The van der Waals surface area contributed by atoms with Gasteiger partial charge in [-0.25, -0.2) is 19.1 Å². The van der Waals surface area contributed by atoms with Gasteiger partial charge in [-0.15, -0.1) is 0 Å². The Balaban J connectivity index is 1.37. The highest BCUT2D eigenvalue weighted by molar-refractivity contribution is 5.97. The van der Waals surface area contributed by atoms with Gasteiger partial charge >= 0.3 is 12.2 Å². The molecule has 0 radical (unpaired) electrons. The van der Waals surface area contributed by atoms with Crippen molar-refractivity contribution in [2.24, 2.45) is 5.73 Å². The maximum Gasteiger partial charge on any atom is 0.416 e. The Labute approximate surface area is 237 Å². The van der Waals surface area contributed by atoms with Crippen molar-refractivity contribution < 1.29 is 31.9 Å². The van der Waals surface area contributed by atoms with E-state index < -0.39 is 35.6 Å². The summed E-state index contributed by atoms with van der Waals surface area (Å²) in [7, 11) is 0. The molecule has 3 amide bonds. The molecule has 0 saturated carbocycles. The molecule has 0 saturated heterocycles. The number of alkyl halides is 3. The predicted molar refractivity (Wildman–Crippen MR) is 148 cm³/mol. The average Bonchev–Trinajstić information content (AvgIpc) is 3.25. The number of carbonyl (C=O) groups excluding carboxylic acids is 2. The molecule has 0 bridgehead atoms. The molecule has 1 unspecified atom stereocenters. The minimum Gasteiger partial charge on any atom is -0.456 e. The Morgan fingerprint density at radius 1 is 1.05 bits per heavy atom. The van der Waals surface area contributed by atoms with E-state index in [1.54, 1.807) is 12.1 Å². The highest BCUT2D eigenvalue weighted by atomic mass is 19.4. The molecule has 5 rings (SSSR count). The van der Waals surface area contributed by atoms with Crippen molar-refractivity contribution in [3.63, 3.8) is 0 Å². The fourth-order valence-electron chi connectivity index (χ4n) is 4.49. The first-order chi connectivity index (χ1) is 20.0. The molecule has 4 aromatic rings. The minimum absolute atomic E-state index is 0.210. The summed E-state index contributed by atoms with van der Waals surface area (Å²) in [4.78, 5) is 30.6. The molecule has 9 nitrogen and oxygen atoms in total. The van der Waals surface area contributed by atoms with Gasteiger partial charge in [-0.3, -0.25) is 4.79 Å². The number of amides is 3. The molecule has 42 heavy (non-hydrogen) atoms. The summed E-state index contributed by atoms with van der Waals surface area (Å²) in [5, 5.41) is 6.14. The normalized spacial score (nSPS) is 14.1. The van der Waals surface area contributed by atoms with Crippen LogP contribution in [0.25, 0.3) is 0 Å². The van der Waals surface area contributed by atoms with Crippen LogP contribution in [0.1, 0.15) is 18.1 Å². The smallest absolute Gasteiger partial charge is 0.416 e. The minimum atomic E-state index is -4.76. The van der Waals surface area contributed by atoms with Gasteiger partial charge in [0.15, 0.2) is 6.29 Å². The summed E-state index contributed by atoms with van der Waals surface area (Å²) >= 11 is 0. The highest BCUT2D eigenvalue weighted by Crippen LogP contribution is 2.39. The van der Waals surface area contributed by atoms with E-state index in [0.717, 1.165) is 11.3 Å². The monoisotopic (exact) mass is 580 g/mol. The number of aromatic nitrogens is 1. The zero-order valence-electron chi connectivity index (χ0n) is 22.0. The molecular formula is C29H24F4N6O3. The Kier molecular flexibility index (Phi) is 7.57. The maximum atomic E-state index is 14.5. The Bertz CT molecular complexity index is 1620. The number of pyridine rings is 1. The van der Waals surface area contributed by atoms with Gasteiger partial charge in [0.2, 0.25) is 5.91 Å². The molecule has 2 heterocycles. The van der Waals surface area contributed by atoms with E-state index in [1.165, 1.54) is 25.3 Å². The fourth-order valence-corrected chi connectivity index (χ4v) is 4.49. The van der Waals surface area contributed by atoms with Gasteiger partial charge in [0, 0.05) is 19.5 Å². The van der Waals surface area contributed by atoms with Crippen LogP contribution < -0.4 is 30.9 Å². The second kappa shape index (κ2) is 11.3. The molecule has 216 valence electrons. The van der Waals surface area contributed by atoms with Crippen LogP contribution in [0.3, 0.4) is 0 Å². The highest BCUT2D eigenvalue weighted by Gasteiger charge is 2.33. The predicted octanol–water partition coefficient (Wildman–Crippen LogP) is 6.10. The van der Waals surface area contributed by atoms with Gasteiger partial charge in [0.05, 0.1) is 28.8 Å². The SMILES string of the molecule is CC(=O)NC1Nc2cc(Oc3ccc(N(C(N)=O)c4cc(C(F)(F)F)ccc4F)nc3)ccc2N1Cc1ccccc1. The van der Waals surface area contributed by atoms with Crippen molar-refractivity contribution in [2.75, 3.05) is 15.1 Å². The number of carbonyl (C=O) groups is 2. The van der Waals surface area contributed by atoms with E-state index in [-0.39, 0.29) is 17.5 Å². The molecule has 0 fully saturated rings. The second-order valence-electron chi connectivity index (χ2n) is 9.33. The Morgan fingerprint density at radius 3 is 2.43 bits per heavy atom. The lowest BCUT2D eigenvalue weighted by Gasteiger charge is -2.27. The van der Waals surface area contributed by atoms with Crippen molar-refractivity contribution in [3.8, 4) is 11.5 Å². The lowest BCUT2D eigenvalue weighted by molar-refractivity contribution is -0.137. The zero-order chi connectivity index (χ0) is 30.0. The van der Waals surface area contributed by atoms with Crippen molar-refractivity contribution in [1.82, 2.24) is 10.3 Å². The topological polar surface area (TPSA) is 113 Å². The van der Waals surface area contributed by atoms with Crippen molar-refractivity contribution >= 4 is 34.8 Å². The number of anilines is 4. The van der Waals surface area contributed by atoms with Gasteiger partial charge in [0.25, 0.3) is 0 Å². The van der Waals surface area contributed by atoms with Gasteiger partial charge in [0.1, 0.15) is 23.1 Å². The Morgan fingerprint density at radius 2 is 1.79 bits per heavy atom. The third-order valence-electron chi connectivity index (χ3n) is 6.34. The van der Waals surface area contributed by atoms with Crippen LogP contribution >= 0.6 is 0 Å². The molecule has 1 aliphatic rings. The van der Waals surface area contributed by atoms with E-state index in [0.29, 0.717) is 41.1 Å². The summed E-state index contributed by atoms with van der Waals surface area (Å²) < 4.78 is 59.9. The number of hydrogen-bond donors (Lipinski definition) is 3. The third kappa shape index (κ3) is 6.04. The largest absolute Gasteiger partial charge is 0.456 e. The summed E-state index contributed by atoms with van der Waals surface area (Å²) in [6, 6.07) is 18.1. The number of urea groups is 1. The van der Waals surface area contributed by atoms with E-state index in [9.17, 15) is 27.2 Å². The molecular weight excluding hydrogens is 556 g/mol. The number of primary amides is 1. The zero-order valence-corrected chi connectivity index (χ0v) is 22.0. The number of halogens is 4. The first kappa shape index (κ1) is 28.2. The molecule has 1 aliphatic heterocycles. The second-order valence-corrected chi connectivity index (χ2v) is 9.33. The summed E-state index contributed by atoms with van der Waals surface area (Å²) in [5.74, 6) is -0.873. The van der Waals surface area contributed by atoms with Gasteiger partial charge in [-0.1, -0.05) is 30.3 Å².